The molecule has 0 fully saturated rings. The molecular weight excluding hydrogens is 338 g/mol. The van der Waals surface area contributed by atoms with Gasteiger partial charge in [0.05, 0.1) is 3.79 Å². The lowest BCUT2D eigenvalue weighted by Gasteiger charge is -2.12. The van der Waals surface area contributed by atoms with Crippen molar-refractivity contribution in [1.82, 2.24) is 9.97 Å². The zero-order valence-corrected chi connectivity index (χ0v) is 13.9. The van der Waals surface area contributed by atoms with Crippen LogP contribution in [-0.4, -0.2) is 16.5 Å². The van der Waals surface area contributed by atoms with E-state index in [-0.39, 0.29) is 0 Å². The van der Waals surface area contributed by atoms with Gasteiger partial charge in [-0.05, 0) is 41.4 Å². The normalized spacial score (nSPS) is 10.6. The lowest BCUT2D eigenvalue weighted by atomic mass is 10.2. The van der Waals surface area contributed by atoms with Crippen LogP contribution in [0.15, 0.2) is 15.9 Å². The highest BCUT2D eigenvalue weighted by molar-refractivity contribution is 9.11. The van der Waals surface area contributed by atoms with E-state index in [1.165, 1.54) is 4.88 Å². The first-order valence-electron chi connectivity index (χ1n) is 6.46. The van der Waals surface area contributed by atoms with Crippen molar-refractivity contribution < 1.29 is 0 Å². The number of aromatic nitrogens is 2. The number of thiophene rings is 1. The Kier molecular flexibility index (Phi) is 5.33. The van der Waals surface area contributed by atoms with Crippen LogP contribution in [0.5, 0.6) is 0 Å². The first-order chi connectivity index (χ1) is 9.63. The van der Waals surface area contributed by atoms with Crippen LogP contribution >= 0.6 is 27.3 Å². The molecule has 2 aromatic rings. The van der Waals surface area contributed by atoms with Crippen LogP contribution in [0.3, 0.4) is 0 Å². The van der Waals surface area contributed by atoms with Crippen molar-refractivity contribution in [3.05, 3.63) is 32.2 Å². The molecule has 4 N–H and O–H groups in total. The van der Waals surface area contributed by atoms with Gasteiger partial charge in [0.2, 0.25) is 0 Å². The van der Waals surface area contributed by atoms with E-state index in [1.54, 1.807) is 11.3 Å². The molecule has 0 radical (unpaired) electrons. The fraction of sp³-hybridized carbons (Fsp3) is 0.385. The second-order valence-electron chi connectivity index (χ2n) is 4.34. The molecule has 2 aromatic heterocycles. The van der Waals surface area contributed by atoms with E-state index in [0.29, 0.717) is 5.82 Å². The average Bonchev–Trinajstić information content (AvgIpc) is 2.86. The molecule has 0 aliphatic rings. The lowest BCUT2D eigenvalue weighted by molar-refractivity contribution is 0.916. The zero-order valence-electron chi connectivity index (χ0n) is 11.5. The Morgan fingerprint density at radius 2 is 2.05 bits per heavy atom. The number of hydrogen-bond acceptors (Lipinski definition) is 6. The summed E-state index contributed by atoms with van der Waals surface area (Å²) in [6.45, 7) is 4.81. The third-order valence-corrected chi connectivity index (χ3v) is 4.62. The maximum atomic E-state index is 5.49. The fourth-order valence-electron chi connectivity index (χ4n) is 1.82. The maximum absolute atomic E-state index is 5.49. The second-order valence-corrected chi connectivity index (χ2v) is 6.89. The summed E-state index contributed by atoms with van der Waals surface area (Å²) in [5.74, 6) is 7.80. The topological polar surface area (TPSA) is 75.9 Å². The zero-order chi connectivity index (χ0) is 14.5. The average molecular weight is 356 g/mol. The molecule has 0 atom stereocenters. The van der Waals surface area contributed by atoms with E-state index in [1.807, 2.05) is 13.8 Å². The summed E-state index contributed by atoms with van der Waals surface area (Å²) < 4.78 is 1.16. The highest BCUT2D eigenvalue weighted by atomic mass is 79.9. The summed E-state index contributed by atoms with van der Waals surface area (Å²) in [5.41, 5.74) is 3.57. The van der Waals surface area contributed by atoms with E-state index in [9.17, 15) is 0 Å². The summed E-state index contributed by atoms with van der Waals surface area (Å²) in [5, 5.41) is 3.36. The molecule has 0 saturated heterocycles. The molecule has 2 heterocycles. The van der Waals surface area contributed by atoms with E-state index in [0.717, 1.165) is 40.4 Å². The third kappa shape index (κ3) is 3.68. The molecule has 2 rings (SSSR count). The number of nitrogen functional groups attached to an aromatic ring is 1. The minimum atomic E-state index is 0.679. The standard InChI is InChI=1S/C13H18BrN5S/c1-3-11-17-12(8(2)13(18-11)19-15)16-7-6-9-4-5-10(14)20-9/h4-5H,3,6-7,15H2,1-2H3,(H2,16,17,18,19). The summed E-state index contributed by atoms with van der Waals surface area (Å²) >= 11 is 5.23. The molecule has 0 aliphatic heterocycles. The summed E-state index contributed by atoms with van der Waals surface area (Å²) in [6.07, 6.45) is 1.74. The summed E-state index contributed by atoms with van der Waals surface area (Å²) in [6, 6.07) is 4.20. The number of anilines is 2. The molecule has 0 aliphatic carbocycles. The Labute approximate surface area is 131 Å². The highest BCUT2D eigenvalue weighted by Gasteiger charge is 2.09. The first-order valence-corrected chi connectivity index (χ1v) is 8.07. The van der Waals surface area contributed by atoms with Crippen molar-refractivity contribution in [2.24, 2.45) is 5.84 Å². The van der Waals surface area contributed by atoms with Gasteiger partial charge in [0, 0.05) is 23.4 Å². The largest absolute Gasteiger partial charge is 0.369 e. The van der Waals surface area contributed by atoms with Gasteiger partial charge < -0.3 is 10.7 Å². The van der Waals surface area contributed by atoms with Gasteiger partial charge >= 0.3 is 0 Å². The number of rotatable bonds is 6. The Hall–Kier alpha value is -1.18. The Bertz CT molecular complexity index is 584. The van der Waals surface area contributed by atoms with Crippen molar-refractivity contribution in [3.8, 4) is 0 Å². The molecule has 108 valence electrons. The first kappa shape index (κ1) is 15.2. The van der Waals surface area contributed by atoms with Crippen molar-refractivity contribution >= 4 is 38.9 Å². The van der Waals surface area contributed by atoms with Gasteiger partial charge in [-0.2, -0.15) is 0 Å². The molecule has 0 unspecified atom stereocenters. The van der Waals surface area contributed by atoms with Gasteiger partial charge in [-0.15, -0.1) is 11.3 Å². The van der Waals surface area contributed by atoms with Crippen LogP contribution in [-0.2, 0) is 12.8 Å². The molecule has 5 nitrogen and oxygen atoms in total. The monoisotopic (exact) mass is 355 g/mol. The van der Waals surface area contributed by atoms with E-state index >= 15 is 0 Å². The number of nitrogens with zero attached hydrogens (tertiary/aromatic N) is 2. The van der Waals surface area contributed by atoms with E-state index in [2.05, 4.69) is 48.8 Å². The molecule has 0 bridgehead atoms. The molecule has 7 heteroatoms. The summed E-state index contributed by atoms with van der Waals surface area (Å²) in [7, 11) is 0. The number of hydrogen-bond donors (Lipinski definition) is 3. The fourth-order valence-corrected chi connectivity index (χ4v) is 3.31. The van der Waals surface area contributed by atoms with Crippen molar-refractivity contribution in [2.75, 3.05) is 17.3 Å². The molecule has 0 aromatic carbocycles. The number of halogens is 1. The van der Waals surface area contributed by atoms with Crippen LogP contribution in [0.1, 0.15) is 23.2 Å². The highest BCUT2D eigenvalue weighted by Crippen LogP contribution is 2.23. The molecule has 0 saturated carbocycles. The predicted octanol–water partition coefficient (Wildman–Crippen LogP) is 3.11. The van der Waals surface area contributed by atoms with Crippen LogP contribution in [0.4, 0.5) is 11.6 Å². The van der Waals surface area contributed by atoms with Crippen molar-refractivity contribution in [2.45, 2.75) is 26.7 Å². The van der Waals surface area contributed by atoms with Crippen LogP contribution in [0.2, 0.25) is 0 Å². The molecule has 20 heavy (non-hydrogen) atoms. The molecule has 0 spiro atoms. The molecular formula is C13H18BrN5S. The molecule has 0 amide bonds. The SMILES string of the molecule is CCc1nc(NN)c(C)c(NCCc2ccc(Br)s2)n1. The van der Waals surface area contributed by atoms with Crippen molar-refractivity contribution in [1.29, 1.82) is 0 Å². The number of nitrogens with one attached hydrogen (secondary N) is 2. The van der Waals surface area contributed by atoms with E-state index in [4.69, 9.17) is 5.84 Å². The Morgan fingerprint density at radius 1 is 1.30 bits per heavy atom. The number of hydrazine groups is 1. The van der Waals surface area contributed by atoms with Gasteiger partial charge in [0.15, 0.2) is 0 Å². The minimum Gasteiger partial charge on any atom is -0.369 e. The summed E-state index contributed by atoms with van der Waals surface area (Å²) in [4.78, 5) is 10.2. The second kappa shape index (κ2) is 7.01. The van der Waals surface area contributed by atoms with Crippen LogP contribution in [0.25, 0.3) is 0 Å². The Morgan fingerprint density at radius 3 is 2.65 bits per heavy atom. The number of aryl methyl sites for hydroxylation is 1. The van der Waals surface area contributed by atoms with Gasteiger partial charge in [-0.25, -0.2) is 15.8 Å². The smallest absolute Gasteiger partial charge is 0.148 e. The lowest BCUT2D eigenvalue weighted by Crippen LogP contribution is -2.15. The van der Waals surface area contributed by atoms with Gasteiger partial charge in [0.1, 0.15) is 17.5 Å². The minimum absolute atomic E-state index is 0.679. The van der Waals surface area contributed by atoms with Crippen LogP contribution in [0, 0.1) is 6.92 Å². The predicted molar refractivity (Wildman–Crippen MR) is 88.2 cm³/mol. The van der Waals surface area contributed by atoms with Crippen molar-refractivity contribution in [3.63, 3.8) is 0 Å². The quantitative estimate of drug-likeness (QED) is 0.548. The van der Waals surface area contributed by atoms with E-state index < -0.39 is 0 Å². The maximum Gasteiger partial charge on any atom is 0.148 e. The van der Waals surface area contributed by atoms with Gasteiger partial charge in [-0.3, -0.25) is 0 Å². The van der Waals surface area contributed by atoms with Gasteiger partial charge in [0.25, 0.3) is 0 Å². The van der Waals surface area contributed by atoms with Crippen LogP contribution < -0.4 is 16.6 Å². The van der Waals surface area contributed by atoms with Gasteiger partial charge in [-0.1, -0.05) is 6.92 Å². The third-order valence-electron chi connectivity index (χ3n) is 2.94. The Balaban J connectivity index is 2.04. The number of nitrogens with two attached hydrogens (primary N) is 1.